The molecule has 1 aliphatic carbocycles. The molecule has 1 aromatic carbocycles. The Balaban J connectivity index is 1.76. The van der Waals surface area contributed by atoms with Crippen LogP contribution < -0.4 is 5.32 Å². The smallest absolute Gasteiger partial charge is 0.0325 e. The molecular formula is C18H22N2. The molecule has 1 N–H and O–H groups in total. The Labute approximate surface area is 121 Å². The van der Waals surface area contributed by atoms with E-state index in [1.165, 1.54) is 47.9 Å². The second kappa shape index (κ2) is 6.19. The van der Waals surface area contributed by atoms with E-state index in [0.29, 0.717) is 6.04 Å². The fraction of sp³-hybridized carbons (Fsp3) is 0.389. The first-order valence-electron chi connectivity index (χ1n) is 7.55. The van der Waals surface area contributed by atoms with E-state index in [4.69, 9.17) is 0 Å². The Bertz CT molecular complexity index is 577. The Morgan fingerprint density at radius 2 is 2.10 bits per heavy atom. The molecule has 2 heteroatoms. The summed E-state index contributed by atoms with van der Waals surface area (Å²) in [5.74, 6) is 0. The molecule has 0 aliphatic heterocycles. The molecule has 0 radical (unpaired) electrons. The van der Waals surface area contributed by atoms with E-state index < -0.39 is 0 Å². The van der Waals surface area contributed by atoms with Crippen LogP contribution in [0.1, 0.15) is 47.6 Å². The highest BCUT2D eigenvalue weighted by Gasteiger charge is 2.17. The van der Waals surface area contributed by atoms with Crippen LogP contribution in [0.3, 0.4) is 0 Å². The second-order valence-electron chi connectivity index (χ2n) is 5.68. The Morgan fingerprint density at radius 3 is 3.00 bits per heavy atom. The van der Waals surface area contributed by atoms with Crippen molar-refractivity contribution in [2.24, 2.45) is 0 Å². The van der Waals surface area contributed by atoms with Crippen LogP contribution in [-0.2, 0) is 13.0 Å². The van der Waals surface area contributed by atoms with Crippen LogP contribution in [0.5, 0.6) is 0 Å². The molecule has 1 aromatic heterocycles. The van der Waals surface area contributed by atoms with Crippen LogP contribution in [0.15, 0.2) is 42.7 Å². The highest BCUT2D eigenvalue weighted by Crippen LogP contribution is 2.28. The quantitative estimate of drug-likeness (QED) is 0.851. The van der Waals surface area contributed by atoms with E-state index in [1.54, 1.807) is 0 Å². The molecule has 1 heterocycles. The normalized spacial score (nSPS) is 18.4. The lowest BCUT2D eigenvalue weighted by Gasteiger charge is -2.20. The number of benzene rings is 1. The summed E-state index contributed by atoms with van der Waals surface area (Å²) in [5.41, 5.74) is 5.63. The van der Waals surface area contributed by atoms with Crippen LogP contribution in [0.4, 0.5) is 0 Å². The summed E-state index contributed by atoms with van der Waals surface area (Å²) in [6.07, 6.45) is 8.90. The predicted molar refractivity (Wildman–Crippen MR) is 82.6 cm³/mol. The van der Waals surface area contributed by atoms with E-state index >= 15 is 0 Å². The predicted octanol–water partition coefficient (Wildman–Crippen LogP) is 3.95. The van der Waals surface area contributed by atoms with Crippen molar-refractivity contribution in [3.8, 4) is 0 Å². The first-order chi connectivity index (χ1) is 9.84. The molecule has 0 spiro atoms. The van der Waals surface area contributed by atoms with Gasteiger partial charge in [-0.3, -0.25) is 4.98 Å². The molecule has 0 saturated heterocycles. The largest absolute Gasteiger partial charge is 0.306 e. The van der Waals surface area contributed by atoms with Gasteiger partial charge >= 0.3 is 0 Å². The highest BCUT2D eigenvalue weighted by molar-refractivity contribution is 5.31. The first-order valence-corrected chi connectivity index (χ1v) is 7.55. The van der Waals surface area contributed by atoms with Gasteiger partial charge in [0, 0.05) is 25.0 Å². The van der Waals surface area contributed by atoms with Crippen molar-refractivity contribution in [1.29, 1.82) is 0 Å². The van der Waals surface area contributed by atoms with E-state index in [1.807, 2.05) is 12.4 Å². The molecule has 20 heavy (non-hydrogen) atoms. The van der Waals surface area contributed by atoms with E-state index in [-0.39, 0.29) is 0 Å². The van der Waals surface area contributed by atoms with Gasteiger partial charge < -0.3 is 5.32 Å². The van der Waals surface area contributed by atoms with E-state index in [2.05, 4.69) is 47.6 Å². The molecular weight excluding hydrogens is 244 g/mol. The van der Waals surface area contributed by atoms with Crippen molar-refractivity contribution in [3.05, 3.63) is 65.0 Å². The molecule has 104 valence electrons. The number of pyridine rings is 1. The zero-order chi connectivity index (χ0) is 13.8. The average Bonchev–Trinajstić information content (AvgIpc) is 2.69. The molecule has 0 saturated carbocycles. The Hall–Kier alpha value is -1.67. The second-order valence-corrected chi connectivity index (χ2v) is 5.68. The third-order valence-corrected chi connectivity index (χ3v) is 4.31. The average molecular weight is 266 g/mol. The van der Waals surface area contributed by atoms with Crippen molar-refractivity contribution in [2.45, 2.75) is 45.2 Å². The summed E-state index contributed by atoms with van der Waals surface area (Å²) >= 11 is 0. The van der Waals surface area contributed by atoms with E-state index in [0.717, 1.165) is 6.54 Å². The first kappa shape index (κ1) is 13.3. The van der Waals surface area contributed by atoms with Crippen molar-refractivity contribution < 1.29 is 0 Å². The lowest BCUT2D eigenvalue weighted by atomic mass is 9.99. The van der Waals surface area contributed by atoms with Crippen LogP contribution in [-0.4, -0.2) is 4.98 Å². The number of nitrogens with one attached hydrogen (secondary N) is 1. The monoisotopic (exact) mass is 266 g/mol. The minimum Gasteiger partial charge on any atom is -0.306 e. The number of hydrogen-bond donors (Lipinski definition) is 1. The lowest BCUT2D eigenvalue weighted by Crippen LogP contribution is -2.21. The van der Waals surface area contributed by atoms with Crippen molar-refractivity contribution in [3.63, 3.8) is 0 Å². The molecule has 1 unspecified atom stereocenters. The lowest BCUT2D eigenvalue weighted by molar-refractivity contribution is 0.488. The standard InChI is InChI=1S/C18H22N2/c1-14-10-11-19-12-16(14)13-20-18-9-5-3-7-15-6-2-4-8-17(15)18/h2,4,6,8,10-12,18,20H,3,5,7,9,13H2,1H3. The number of aryl methyl sites for hydroxylation is 2. The van der Waals surface area contributed by atoms with Gasteiger partial charge in [0.15, 0.2) is 0 Å². The Morgan fingerprint density at radius 1 is 1.20 bits per heavy atom. The molecule has 0 fully saturated rings. The summed E-state index contributed by atoms with van der Waals surface area (Å²) in [6, 6.07) is 11.4. The van der Waals surface area contributed by atoms with Crippen molar-refractivity contribution in [1.82, 2.24) is 10.3 Å². The van der Waals surface area contributed by atoms with E-state index in [9.17, 15) is 0 Å². The summed E-state index contributed by atoms with van der Waals surface area (Å²) in [6.45, 7) is 3.05. The van der Waals surface area contributed by atoms with Gasteiger partial charge in [0.05, 0.1) is 0 Å². The zero-order valence-electron chi connectivity index (χ0n) is 12.1. The molecule has 1 aliphatic rings. The highest BCUT2D eigenvalue weighted by atomic mass is 14.9. The Kier molecular flexibility index (Phi) is 4.12. The van der Waals surface area contributed by atoms with Gasteiger partial charge in [0.1, 0.15) is 0 Å². The van der Waals surface area contributed by atoms with Crippen LogP contribution in [0.2, 0.25) is 0 Å². The summed E-state index contributed by atoms with van der Waals surface area (Å²) in [7, 11) is 0. The molecule has 3 rings (SSSR count). The van der Waals surface area contributed by atoms with Gasteiger partial charge in [0.2, 0.25) is 0 Å². The van der Waals surface area contributed by atoms with Gasteiger partial charge in [-0.15, -0.1) is 0 Å². The maximum Gasteiger partial charge on any atom is 0.0325 e. The summed E-state index contributed by atoms with van der Waals surface area (Å²) < 4.78 is 0. The minimum absolute atomic E-state index is 0.480. The fourth-order valence-corrected chi connectivity index (χ4v) is 3.05. The number of rotatable bonds is 3. The number of fused-ring (bicyclic) bond motifs is 1. The maximum absolute atomic E-state index is 4.23. The number of nitrogens with zero attached hydrogens (tertiary/aromatic N) is 1. The van der Waals surface area contributed by atoms with Gasteiger partial charge in [0.25, 0.3) is 0 Å². The fourth-order valence-electron chi connectivity index (χ4n) is 3.05. The molecule has 2 nitrogen and oxygen atoms in total. The number of aromatic nitrogens is 1. The van der Waals surface area contributed by atoms with Crippen LogP contribution in [0, 0.1) is 6.92 Å². The third kappa shape index (κ3) is 2.91. The minimum atomic E-state index is 0.480. The molecule has 2 aromatic rings. The summed E-state index contributed by atoms with van der Waals surface area (Å²) in [4.78, 5) is 4.23. The van der Waals surface area contributed by atoms with Gasteiger partial charge in [-0.25, -0.2) is 0 Å². The molecule has 1 atom stereocenters. The van der Waals surface area contributed by atoms with Gasteiger partial charge in [-0.05, 0) is 54.5 Å². The molecule has 0 bridgehead atoms. The third-order valence-electron chi connectivity index (χ3n) is 4.31. The van der Waals surface area contributed by atoms with Gasteiger partial charge in [-0.1, -0.05) is 30.7 Å². The molecule has 0 amide bonds. The van der Waals surface area contributed by atoms with Crippen LogP contribution in [0.25, 0.3) is 0 Å². The van der Waals surface area contributed by atoms with Crippen LogP contribution >= 0.6 is 0 Å². The summed E-state index contributed by atoms with van der Waals surface area (Å²) in [5, 5.41) is 3.73. The van der Waals surface area contributed by atoms with Gasteiger partial charge in [-0.2, -0.15) is 0 Å². The SMILES string of the molecule is Cc1ccncc1CNC1CCCCc2ccccc21. The topological polar surface area (TPSA) is 24.9 Å². The number of hydrogen-bond acceptors (Lipinski definition) is 2. The van der Waals surface area contributed by atoms with Crippen molar-refractivity contribution >= 4 is 0 Å². The van der Waals surface area contributed by atoms with Crippen molar-refractivity contribution in [2.75, 3.05) is 0 Å². The maximum atomic E-state index is 4.23. The zero-order valence-corrected chi connectivity index (χ0v) is 12.1.